The van der Waals surface area contributed by atoms with Crippen molar-refractivity contribution in [2.45, 2.75) is 162 Å². The van der Waals surface area contributed by atoms with Gasteiger partial charge in [-0.2, -0.15) is 0 Å². The quantitative estimate of drug-likeness (QED) is 0.314. The first-order valence-electron chi connectivity index (χ1n) is 19.2. The highest BCUT2D eigenvalue weighted by atomic mass is 14.5. The SMILES string of the molecule is CCC1CC2CCCC3C2CCCC2C(CCCC2C2CCCC4CC(C)CC5CCCC3C5CCCC42)C1. The molecule has 7 aliphatic rings. The summed E-state index contributed by atoms with van der Waals surface area (Å²) in [6.45, 7) is 5.30. The Morgan fingerprint density at radius 3 is 0.974 bits per heavy atom. The van der Waals surface area contributed by atoms with Gasteiger partial charge in [-0.3, -0.25) is 0 Å². The van der Waals surface area contributed by atoms with Gasteiger partial charge < -0.3 is 0 Å². The van der Waals surface area contributed by atoms with E-state index in [2.05, 4.69) is 13.8 Å². The molecular weight excluding hydrogens is 468 g/mol. The zero-order valence-electron chi connectivity index (χ0n) is 26.3. The van der Waals surface area contributed by atoms with Crippen LogP contribution in [0.4, 0.5) is 0 Å². The molecule has 7 saturated carbocycles. The van der Waals surface area contributed by atoms with Gasteiger partial charge >= 0.3 is 0 Å². The van der Waals surface area contributed by atoms with Crippen molar-refractivity contribution in [2.24, 2.45) is 82.9 Å². The monoisotopic (exact) mass is 535 g/mol. The van der Waals surface area contributed by atoms with Crippen LogP contribution in [0.15, 0.2) is 0 Å². The first kappa shape index (κ1) is 27.8. The molecule has 12 atom stereocenters. The van der Waals surface area contributed by atoms with Crippen molar-refractivity contribution < 1.29 is 0 Å². The van der Waals surface area contributed by atoms with Crippen molar-refractivity contribution in [1.82, 2.24) is 0 Å². The molecule has 0 aliphatic heterocycles. The number of fused-ring (bicyclic) bond motifs is 6. The van der Waals surface area contributed by atoms with Crippen LogP contribution >= 0.6 is 0 Å². The zero-order chi connectivity index (χ0) is 26.3. The molecule has 0 aromatic rings. The Labute approximate surface area is 244 Å². The van der Waals surface area contributed by atoms with E-state index in [0.717, 1.165) is 82.9 Å². The molecule has 12 unspecified atom stereocenters. The van der Waals surface area contributed by atoms with Crippen LogP contribution < -0.4 is 0 Å². The maximum atomic E-state index is 2.72. The van der Waals surface area contributed by atoms with Gasteiger partial charge in [0.1, 0.15) is 0 Å². The van der Waals surface area contributed by atoms with E-state index in [1.165, 1.54) is 6.42 Å². The largest absolute Gasteiger partial charge is 0.0651 e. The van der Waals surface area contributed by atoms with E-state index in [4.69, 9.17) is 0 Å². The summed E-state index contributed by atoms with van der Waals surface area (Å²) in [6.07, 6.45) is 36.7. The van der Waals surface area contributed by atoms with E-state index in [9.17, 15) is 0 Å². The third kappa shape index (κ3) is 5.57. The summed E-state index contributed by atoms with van der Waals surface area (Å²) >= 11 is 0. The molecule has 0 amide bonds. The van der Waals surface area contributed by atoms with Crippen LogP contribution in [0, 0.1) is 82.9 Å². The van der Waals surface area contributed by atoms with Crippen LogP contribution in [-0.2, 0) is 0 Å². The first-order chi connectivity index (χ1) is 19.2. The third-order valence-corrected chi connectivity index (χ3v) is 15.6. The Hall–Kier alpha value is 0. The topological polar surface area (TPSA) is 0 Å². The summed E-state index contributed by atoms with van der Waals surface area (Å²) in [5.74, 6) is 15.1. The number of hydrogen-bond acceptors (Lipinski definition) is 0. The van der Waals surface area contributed by atoms with Crippen LogP contribution in [0.1, 0.15) is 162 Å². The van der Waals surface area contributed by atoms with Crippen LogP contribution in [-0.4, -0.2) is 0 Å². The third-order valence-electron chi connectivity index (χ3n) is 15.6. The second-order valence-electron chi connectivity index (χ2n) is 17.3. The zero-order valence-corrected chi connectivity index (χ0v) is 26.3. The van der Waals surface area contributed by atoms with Crippen LogP contribution in [0.2, 0.25) is 0 Å². The average Bonchev–Trinajstić information content (AvgIpc) is 2.95. The van der Waals surface area contributed by atoms with Crippen molar-refractivity contribution in [3.63, 3.8) is 0 Å². The predicted octanol–water partition coefficient (Wildman–Crippen LogP) is 11.7. The smallest absolute Gasteiger partial charge is 0.0352 e. The molecule has 0 N–H and O–H groups in total. The molecule has 0 nitrogen and oxygen atoms in total. The maximum absolute atomic E-state index is 2.72. The highest BCUT2D eigenvalue weighted by Gasteiger charge is 2.48. The lowest BCUT2D eigenvalue weighted by Crippen LogP contribution is -2.44. The molecule has 7 fully saturated rings. The Kier molecular flexibility index (Phi) is 8.78. The van der Waals surface area contributed by atoms with Gasteiger partial charge in [-0.05, 0) is 160 Å². The normalized spacial score (nSPS) is 52.8. The van der Waals surface area contributed by atoms with Crippen LogP contribution in [0.3, 0.4) is 0 Å². The maximum Gasteiger partial charge on any atom is -0.0352 e. The molecule has 0 spiro atoms. The van der Waals surface area contributed by atoms with Gasteiger partial charge in [0.05, 0.1) is 0 Å². The first-order valence-corrected chi connectivity index (χ1v) is 19.2. The van der Waals surface area contributed by atoms with Crippen molar-refractivity contribution in [3.8, 4) is 0 Å². The lowest BCUT2D eigenvalue weighted by Gasteiger charge is -2.53. The second-order valence-corrected chi connectivity index (χ2v) is 17.3. The summed E-state index contributed by atoms with van der Waals surface area (Å²) < 4.78 is 0. The highest BCUT2D eigenvalue weighted by molar-refractivity contribution is 4.98. The van der Waals surface area contributed by atoms with E-state index in [-0.39, 0.29) is 0 Å². The molecule has 0 heteroatoms. The minimum Gasteiger partial charge on any atom is -0.0651 e. The lowest BCUT2D eigenvalue weighted by atomic mass is 9.52. The summed E-state index contributed by atoms with van der Waals surface area (Å²) in [5, 5.41) is 0. The lowest BCUT2D eigenvalue weighted by molar-refractivity contribution is -0.0354. The Morgan fingerprint density at radius 1 is 0.359 bits per heavy atom. The fourth-order valence-corrected chi connectivity index (χ4v) is 14.3. The van der Waals surface area contributed by atoms with Gasteiger partial charge in [0.15, 0.2) is 0 Å². The molecule has 0 aromatic heterocycles. The van der Waals surface area contributed by atoms with Crippen LogP contribution in [0.5, 0.6) is 0 Å². The van der Waals surface area contributed by atoms with Gasteiger partial charge in [-0.15, -0.1) is 0 Å². The van der Waals surface area contributed by atoms with E-state index in [0.29, 0.717) is 0 Å². The fraction of sp³-hybridized carbons (Fsp3) is 1.00. The van der Waals surface area contributed by atoms with Crippen molar-refractivity contribution in [1.29, 1.82) is 0 Å². The average molecular weight is 535 g/mol. The summed E-state index contributed by atoms with van der Waals surface area (Å²) in [4.78, 5) is 0. The minimum absolute atomic E-state index is 0.988. The molecule has 0 radical (unpaired) electrons. The van der Waals surface area contributed by atoms with Crippen molar-refractivity contribution >= 4 is 0 Å². The molecule has 4 bridgehead atoms. The van der Waals surface area contributed by atoms with Crippen molar-refractivity contribution in [2.75, 3.05) is 0 Å². The molecule has 222 valence electrons. The van der Waals surface area contributed by atoms with Crippen LogP contribution in [0.25, 0.3) is 0 Å². The second kappa shape index (κ2) is 12.3. The minimum atomic E-state index is 0.988. The molecule has 0 heterocycles. The molecule has 39 heavy (non-hydrogen) atoms. The van der Waals surface area contributed by atoms with E-state index in [1.54, 1.807) is 141 Å². The summed E-state index contributed by atoms with van der Waals surface area (Å²) in [6, 6.07) is 0. The van der Waals surface area contributed by atoms with E-state index >= 15 is 0 Å². The van der Waals surface area contributed by atoms with Gasteiger partial charge in [0.25, 0.3) is 0 Å². The van der Waals surface area contributed by atoms with Gasteiger partial charge in [-0.1, -0.05) is 84.5 Å². The fourth-order valence-electron chi connectivity index (χ4n) is 14.3. The van der Waals surface area contributed by atoms with Gasteiger partial charge in [0.2, 0.25) is 0 Å². The molecule has 7 rings (SSSR count). The van der Waals surface area contributed by atoms with Crippen molar-refractivity contribution in [3.05, 3.63) is 0 Å². The summed E-state index contributed by atoms with van der Waals surface area (Å²) in [5.41, 5.74) is 0. The molecular formula is C39H66. The van der Waals surface area contributed by atoms with E-state index in [1.807, 2.05) is 0 Å². The highest BCUT2D eigenvalue weighted by Crippen LogP contribution is 2.58. The van der Waals surface area contributed by atoms with Gasteiger partial charge in [0, 0.05) is 0 Å². The summed E-state index contributed by atoms with van der Waals surface area (Å²) in [7, 11) is 0. The molecule has 7 aliphatic carbocycles. The molecule has 0 saturated heterocycles. The van der Waals surface area contributed by atoms with E-state index < -0.39 is 0 Å². The van der Waals surface area contributed by atoms with Gasteiger partial charge in [-0.25, -0.2) is 0 Å². The standard InChI is InChI=1S/C39H66/c1-3-27-24-30-12-6-20-38-34(30)16-9-17-35-31(25-27)13-7-21-39(35)37-19-5-11-29-23-26(2)22-28-10-4-18-36(38)32(28)14-8-15-33(29)37/h26-39H,3-25H2,1-2H3. The number of rotatable bonds is 1. The predicted molar refractivity (Wildman–Crippen MR) is 166 cm³/mol. The Morgan fingerprint density at radius 2 is 0.641 bits per heavy atom. The Bertz CT molecular complexity index is 723. The number of hydrogen-bond donors (Lipinski definition) is 0. The molecule has 0 aromatic carbocycles. The Balaban J connectivity index is 1.30.